The lowest BCUT2D eigenvalue weighted by Crippen LogP contribution is -2.17. The van der Waals surface area contributed by atoms with Gasteiger partial charge < -0.3 is 5.73 Å². The number of hydrogen-bond acceptors (Lipinski definition) is 1. The molecule has 19 heavy (non-hydrogen) atoms. The highest BCUT2D eigenvalue weighted by atomic mass is 35.5. The molecule has 0 bridgehead atoms. The van der Waals surface area contributed by atoms with Crippen LogP contribution in [0.5, 0.6) is 0 Å². The van der Waals surface area contributed by atoms with Gasteiger partial charge in [-0.3, -0.25) is 0 Å². The van der Waals surface area contributed by atoms with Gasteiger partial charge in [0.25, 0.3) is 0 Å². The molecule has 2 N–H and O–H groups in total. The number of nitrogens with two attached hydrogens (primary N) is 1. The monoisotopic (exact) mass is 273 g/mol. The molecule has 1 atom stereocenters. The highest BCUT2D eigenvalue weighted by Gasteiger charge is 2.06. The maximum atomic E-state index is 6.34. The molecule has 2 rings (SSSR count). The normalized spacial score (nSPS) is 12.5. The van der Waals surface area contributed by atoms with E-state index in [1.54, 1.807) is 0 Å². The molecule has 2 aromatic carbocycles. The third kappa shape index (κ3) is 3.37. The molecule has 0 aliphatic rings. The number of halogens is 1. The summed E-state index contributed by atoms with van der Waals surface area (Å²) in [6, 6.07) is 12.9. The lowest BCUT2D eigenvalue weighted by Gasteiger charge is -2.10. The molecule has 0 aliphatic heterocycles. The second-order valence-corrected chi connectivity index (χ2v) is 5.70. The fraction of sp³-hybridized carbons (Fsp3) is 0.294. The smallest absolute Gasteiger partial charge is 0.0487 e. The first-order valence-electron chi connectivity index (χ1n) is 6.59. The first-order chi connectivity index (χ1) is 8.97. The van der Waals surface area contributed by atoms with Crippen molar-refractivity contribution in [3.8, 4) is 11.1 Å². The van der Waals surface area contributed by atoms with Gasteiger partial charge in [-0.1, -0.05) is 35.9 Å². The standard InChI is InChI=1S/C17H20ClN/c1-11-8-16(17(18)9-12(11)2)15-6-4-14(5-7-15)10-13(3)19/h4-9,13H,10,19H2,1-3H3. The molecular weight excluding hydrogens is 254 g/mol. The van der Waals surface area contributed by atoms with Gasteiger partial charge in [-0.2, -0.15) is 0 Å². The molecule has 100 valence electrons. The average molecular weight is 274 g/mol. The Morgan fingerprint density at radius 1 is 1.05 bits per heavy atom. The van der Waals surface area contributed by atoms with E-state index in [1.807, 2.05) is 13.0 Å². The number of hydrogen-bond donors (Lipinski definition) is 1. The van der Waals surface area contributed by atoms with E-state index < -0.39 is 0 Å². The van der Waals surface area contributed by atoms with Crippen molar-refractivity contribution in [2.45, 2.75) is 33.2 Å². The topological polar surface area (TPSA) is 26.0 Å². The molecule has 1 nitrogen and oxygen atoms in total. The first kappa shape index (κ1) is 14.1. The Labute approximate surface area is 120 Å². The van der Waals surface area contributed by atoms with Gasteiger partial charge in [0.2, 0.25) is 0 Å². The summed E-state index contributed by atoms with van der Waals surface area (Å²) in [6.45, 7) is 6.21. The Bertz CT molecular complexity index is 571. The summed E-state index contributed by atoms with van der Waals surface area (Å²) in [4.78, 5) is 0. The second kappa shape index (κ2) is 5.77. The maximum absolute atomic E-state index is 6.34. The average Bonchev–Trinajstić information content (AvgIpc) is 2.34. The zero-order valence-electron chi connectivity index (χ0n) is 11.7. The van der Waals surface area contributed by atoms with E-state index in [1.165, 1.54) is 16.7 Å². The van der Waals surface area contributed by atoms with Gasteiger partial charge in [-0.25, -0.2) is 0 Å². The van der Waals surface area contributed by atoms with Crippen molar-refractivity contribution in [3.05, 3.63) is 58.1 Å². The van der Waals surface area contributed by atoms with Crippen molar-refractivity contribution >= 4 is 11.6 Å². The number of aryl methyl sites for hydroxylation is 2. The zero-order valence-corrected chi connectivity index (χ0v) is 12.5. The van der Waals surface area contributed by atoms with Gasteiger partial charge in [-0.05, 0) is 61.6 Å². The fourth-order valence-corrected chi connectivity index (χ4v) is 2.52. The molecule has 0 aliphatic carbocycles. The third-order valence-electron chi connectivity index (χ3n) is 3.41. The van der Waals surface area contributed by atoms with Crippen LogP contribution in [0, 0.1) is 13.8 Å². The van der Waals surface area contributed by atoms with Gasteiger partial charge in [0.15, 0.2) is 0 Å². The van der Waals surface area contributed by atoms with Crippen molar-refractivity contribution in [2.24, 2.45) is 5.73 Å². The molecule has 0 fully saturated rings. The minimum absolute atomic E-state index is 0.191. The minimum atomic E-state index is 0.191. The first-order valence-corrected chi connectivity index (χ1v) is 6.97. The third-order valence-corrected chi connectivity index (χ3v) is 3.72. The van der Waals surface area contributed by atoms with Crippen LogP contribution in [0.4, 0.5) is 0 Å². The minimum Gasteiger partial charge on any atom is -0.328 e. The number of benzene rings is 2. The fourth-order valence-electron chi connectivity index (χ4n) is 2.19. The van der Waals surface area contributed by atoms with E-state index in [4.69, 9.17) is 17.3 Å². The molecule has 0 aromatic heterocycles. The summed E-state index contributed by atoms with van der Waals surface area (Å²) in [5.74, 6) is 0. The molecule has 0 heterocycles. The van der Waals surface area contributed by atoms with Crippen LogP contribution in [0.25, 0.3) is 11.1 Å². The Kier molecular flexibility index (Phi) is 4.28. The van der Waals surface area contributed by atoms with E-state index in [0.717, 1.165) is 22.6 Å². The largest absolute Gasteiger partial charge is 0.328 e. The molecule has 0 spiro atoms. The Balaban J connectivity index is 2.34. The van der Waals surface area contributed by atoms with Crippen molar-refractivity contribution in [1.82, 2.24) is 0 Å². The summed E-state index contributed by atoms with van der Waals surface area (Å²) >= 11 is 6.34. The molecule has 1 unspecified atom stereocenters. The van der Waals surface area contributed by atoms with Crippen molar-refractivity contribution in [2.75, 3.05) is 0 Å². The summed E-state index contributed by atoms with van der Waals surface area (Å²) in [6.07, 6.45) is 0.904. The van der Waals surface area contributed by atoms with E-state index >= 15 is 0 Å². The van der Waals surface area contributed by atoms with Gasteiger partial charge in [0.1, 0.15) is 0 Å². The Hall–Kier alpha value is -1.31. The highest BCUT2D eigenvalue weighted by Crippen LogP contribution is 2.30. The van der Waals surface area contributed by atoms with Crippen LogP contribution in [0.15, 0.2) is 36.4 Å². The van der Waals surface area contributed by atoms with Crippen molar-refractivity contribution in [3.63, 3.8) is 0 Å². The summed E-state index contributed by atoms with van der Waals surface area (Å²) in [7, 11) is 0. The van der Waals surface area contributed by atoms with Gasteiger partial charge in [0.05, 0.1) is 0 Å². The summed E-state index contributed by atoms with van der Waals surface area (Å²) in [5.41, 5.74) is 11.8. The predicted octanol–water partition coefficient (Wildman–Crippen LogP) is 4.51. The van der Waals surface area contributed by atoms with E-state index in [2.05, 4.69) is 44.2 Å². The van der Waals surface area contributed by atoms with Crippen LogP contribution >= 0.6 is 11.6 Å². The van der Waals surface area contributed by atoms with E-state index in [0.29, 0.717) is 0 Å². The quantitative estimate of drug-likeness (QED) is 0.875. The summed E-state index contributed by atoms with van der Waals surface area (Å²) in [5, 5.41) is 0.808. The van der Waals surface area contributed by atoms with Crippen molar-refractivity contribution < 1.29 is 0 Å². The van der Waals surface area contributed by atoms with E-state index in [9.17, 15) is 0 Å². The molecule has 0 saturated heterocycles. The highest BCUT2D eigenvalue weighted by molar-refractivity contribution is 6.33. The molecule has 2 aromatic rings. The maximum Gasteiger partial charge on any atom is 0.0487 e. The predicted molar refractivity (Wildman–Crippen MR) is 83.7 cm³/mol. The van der Waals surface area contributed by atoms with Crippen LogP contribution in [-0.2, 0) is 6.42 Å². The van der Waals surface area contributed by atoms with Gasteiger partial charge >= 0.3 is 0 Å². The van der Waals surface area contributed by atoms with Crippen LogP contribution in [0.1, 0.15) is 23.6 Å². The van der Waals surface area contributed by atoms with Crippen LogP contribution in [0.3, 0.4) is 0 Å². The Morgan fingerprint density at radius 3 is 2.21 bits per heavy atom. The zero-order chi connectivity index (χ0) is 14.0. The van der Waals surface area contributed by atoms with Crippen LogP contribution < -0.4 is 5.73 Å². The van der Waals surface area contributed by atoms with Crippen molar-refractivity contribution in [1.29, 1.82) is 0 Å². The lowest BCUT2D eigenvalue weighted by molar-refractivity contribution is 0.738. The molecule has 0 radical (unpaired) electrons. The number of rotatable bonds is 3. The molecular formula is C17H20ClN. The molecule has 0 amide bonds. The second-order valence-electron chi connectivity index (χ2n) is 5.29. The van der Waals surface area contributed by atoms with Gasteiger partial charge in [0, 0.05) is 16.6 Å². The Morgan fingerprint density at radius 2 is 1.63 bits per heavy atom. The summed E-state index contributed by atoms with van der Waals surface area (Å²) < 4.78 is 0. The SMILES string of the molecule is Cc1cc(Cl)c(-c2ccc(CC(C)N)cc2)cc1C. The van der Waals surface area contributed by atoms with Gasteiger partial charge in [-0.15, -0.1) is 0 Å². The molecule has 0 saturated carbocycles. The lowest BCUT2D eigenvalue weighted by atomic mass is 9.98. The van der Waals surface area contributed by atoms with E-state index in [-0.39, 0.29) is 6.04 Å². The van der Waals surface area contributed by atoms with Crippen LogP contribution in [-0.4, -0.2) is 6.04 Å². The molecule has 2 heteroatoms. The van der Waals surface area contributed by atoms with Crippen LogP contribution in [0.2, 0.25) is 5.02 Å².